The lowest BCUT2D eigenvalue weighted by atomic mass is 10.1. The number of thioether (sulfide) groups is 1. The second-order valence-corrected chi connectivity index (χ2v) is 9.11. The van der Waals surface area contributed by atoms with E-state index in [9.17, 15) is 13.2 Å². The summed E-state index contributed by atoms with van der Waals surface area (Å²) in [6.07, 6.45) is 0.573. The molecule has 25 heavy (non-hydrogen) atoms. The Hall–Kier alpha value is -1.87. The van der Waals surface area contributed by atoms with Gasteiger partial charge in [0.1, 0.15) is 11.6 Å². The molecule has 2 heterocycles. The Labute approximate surface area is 150 Å². The van der Waals surface area contributed by atoms with Gasteiger partial charge in [-0.1, -0.05) is 11.8 Å². The van der Waals surface area contributed by atoms with Gasteiger partial charge in [0.25, 0.3) is 0 Å². The van der Waals surface area contributed by atoms with Crippen molar-refractivity contribution in [3.63, 3.8) is 0 Å². The number of sulfone groups is 1. The van der Waals surface area contributed by atoms with Crippen LogP contribution < -0.4 is 4.74 Å². The van der Waals surface area contributed by atoms with Crippen LogP contribution in [0.4, 0.5) is 0 Å². The van der Waals surface area contributed by atoms with Gasteiger partial charge in [-0.25, -0.2) is 8.42 Å². The van der Waals surface area contributed by atoms with Crippen LogP contribution in [0.3, 0.4) is 0 Å². The lowest BCUT2D eigenvalue weighted by molar-refractivity contribution is 0.102. The second kappa shape index (κ2) is 7.17. The third kappa shape index (κ3) is 4.04. The van der Waals surface area contributed by atoms with Gasteiger partial charge in [0.15, 0.2) is 20.8 Å². The first kappa shape index (κ1) is 17.9. The highest BCUT2D eigenvalue weighted by Crippen LogP contribution is 2.29. The molecule has 134 valence electrons. The van der Waals surface area contributed by atoms with Crippen molar-refractivity contribution in [3.8, 4) is 5.75 Å². The van der Waals surface area contributed by atoms with Crippen molar-refractivity contribution in [2.75, 3.05) is 24.4 Å². The summed E-state index contributed by atoms with van der Waals surface area (Å²) in [4.78, 5) is 12.3. The molecule has 1 aliphatic rings. The molecule has 0 aliphatic carbocycles. The molecule has 0 bridgehead atoms. The van der Waals surface area contributed by atoms with Crippen molar-refractivity contribution >= 4 is 27.4 Å². The van der Waals surface area contributed by atoms with Crippen molar-refractivity contribution in [1.29, 1.82) is 0 Å². The van der Waals surface area contributed by atoms with E-state index >= 15 is 0 Å². The molecule has 1 fully saturated rings. The standard InChI is InChI=1S/C16H19N3O4S2/c1-19-15(12-7-8-25(21,22)10-12)17-18-16(19)24-9-14(20)11-3-5-13(23-2)6-4-11/h3-6,12H,7-10H2,1-2H3/t12-/m1/s1. The van der Waals surface area contributed by atoms with E-state index in [4.69, 9.17) is 4.74 Å². The number of benzene rings is 1. The molecule has 2 aromatic rings. The fraction of sp³-hybridized carbons (Fsp3) is 0.438. The van der Waals surface area contributed by atoms with Crippen molar-refractivity contribution in [1.82, 2.24) is 14.8 Å². The molecular weight excluding hydrogens is 362 g/mol. The highest BCUT2D eigenvalue weighted by molar-refractivity contribution is 7.99. The fourth-order valence-electron chi connectivity index (χ4n) is 2.80. The highest BCUT2D eigenvalue weighted by atomic mass is 32.2. The van der Waals surface area contributed by atoms with E-state index in [1.807, 2.05) is 0 Å². The van der Waals surface area contributed by atoms with E-state index in [2.05, 4.69) is 10.2 Å². The molecule has 1 atom stereocenters. The Bertz CT molecular complexity index is 875. The number of carbonyl (C=O) groups excluding carboxylic acids is 1. The fourth-order valence-corrected chi connectivity index (χ4v) is 5.35. The topological polar surface area (TPSA) is 91.2 Å². The summed E-state index contributed by atoms with van der Waals surface area (Å²) in [5.41, 5.74) is 0.609. The largest absolute Gasteiger partial charge is 0.497 e. The molecule has 1 saturated heterocycles. The number of methoxy groups -OCH3 is 1. The number of Topliss-reactive ketones (excluding diaryl/α,β-unsaturated/α-hetero) is 1. The zero-order chi connectivity index (χ0) is 18.0. The predicted molar refractivity (Wildman–Crippen MR) is 95.1 cm³/mol. The Balaban J connectivity index is 1.64. The molecule has 1 aromatic heterocycles. The average molecular weight is 381 g/mol. The number of ether oxygens (including phenoxy) is 1. The first-order valence-corrected chi connectivity index (χ1v) is 10.6. The van der Waals surface area contributed by atoms with Gasteiger partial charge in [-0.15, -0.1) is 10.2 Å². The first-order valence-electron chi connectivity index (χ1n) is 7.79. The SMILES string of the molecule is COc1ccc(C(=O)CSc2nnc([C@@H]3CCS(=O)(=O)C3)n2C)cc1. The van der Waals surface area contributed by atoms with Crippen LogP contribution in [0.2, 0.25) is 0 Å². The molecule has 9 heteroatoms. The van der Waals surface area contributed by atoms with Crippen LogP contribution in [0.25, 0.3) is 0 Å². The molecule has 0 spiro atoms. The Morgan fingerprint density at radius 1 is 1.32 bits per heavy atom. The van der Waals surface area contributed by atoms with Gasteiger partial charge in [-0.2, -0.15) is 0 Å². The van der Waals surface area contributed by atoms with Gasteiger partial charge in [0, 0.05) is 18.5 Å². The number of hydrogen-bond donors (Lipinski definition) is 0. The first-order chi connectivity index (χ1) is 11.9. The van der Waals surface area contributed by atoms with E-state index in [0.717, 1.165) is 0 Å². The van der Waals surface area contributed by atoms with Gasteiger partial charge in [-0.05, 0) is 30.7 Å². The number of aromatic nitrogens is 3. The lowest BCUT2D eigenvalue weighted by Gasteiger charge is -2.08. The van der Waals surface area contributed by atoms with Crippen LogP contribution in [-0.4, -0.2) is 53.3 Å². The summed E-state index contributed by atoms with van der Waals surface area (Å²) >= 11 is 1.30. The van der Waals surface area contributed by atoms with Gasteiger partial charge >= 0.3 is 0 Å². The molecular formula is C16H19N3O4S2. The molecule has 0 unspecified atom stereocenters. The molecule has 0 amide bonds. The molecule has 7 nitrogen and oxygen atoms in total. The molecule has 0 saturated carbocycles. The number of carbonyl (C=O) groups is 1. The molecule has 1 aromatic carbocycles. The molecule has 0 radical (unpaired) electrons. The van der Waals surface area contributed by atoms with Crippen LogP contribution in [-0.2, 0) is 16.9 Å². The minimum atomic E-state index is -2.97. The van der Waals surface area contributed by atoms with Crippen molar-refractivity contribution in [3.05, 3.63) is 35.7 Å². The third-order valence-electron chi connectivity index (χ3n) is 4.21. The van der Waals surface area contributed by atoms with Crippen LogP contribution in [0.15, 0.2) is 29.4 Å². The summed E-state index contributed by atoms with van der Waals surface area (Å²) in [6.45, 7) is 0. The lowest BCUT2D eigenvalue weighted by Crippen LogP contribution is -2.09. The molecule has 0 N–H and O–H groups in total. The van der Waals surface area contributed by atoms with E-state index in [1.165, 1.54) is 11.8 Å². The van der Waals surface area contributed by atoms with Gasteiger partial charge in [0.2, 0.25) is 0 Å². The van der Waals surface area contributed by atoms with Crippen molar-refractivity contribution in [2.45, 2.75) is 17.5 Å². The van der Waals surface area contributed by atoms with Crippen molar-refractivity contribution in [2.24, 2.45) is 7.05 Å². The minimum Gasteiger partial charge on any atom is -0.497 e. The summed E-state index contributed by atoms with van der Waals surface area (Å²) < 4.78 is 30.1. The maximum absolute atomic E-state index is 12.3. The Morgan fingerprint density at radius 2 is 2.04 bits per heavy atom. The zero-order valence-corrected chi connectivity index (χ0v) is 15.6. The van der Waals surface area contributed by atoms with E-state index in [1.54, 1.807) is 43.0 Å². The summed E-state index contributed by atoms with van der Waals surface area (Å²) in [5, 5.41) is 8.86. The smallest absolute Gasteiger partial charge is 0.191 e. The molecule has 3 rings (SSSR count). The number of hydrogen-bond acceptors (Lipinski definition) is 7. The number of rotatable bonds is 6. The maximum Gasteiger partial charge on any atom is 0.191 e. The van der Waals surface area contributed by atoms with E-state index < -0.39 is 9.84 Å². The quantitative estimate of drug-likeness (QED) is 0.555. The number of nitrogens with zero attached hydrogens (tertiary/aromatic N) is 3. The van der Waals surface area contributed by atoms with Crippen LogP contribution >= 0.6 is 11.8 Å². The second-order valence-electron chi connectivity index (χ2n) is 5.94. The summed E-state index contributed by atoms with van der Waals surface area (Å²) in [6, 6.07) is 6.96. The minimum absolute atomic E-state index is 0.0133. The Kier molecular flexibility index (Phi) is 5.14. The van der Waals surface area contributed by atoms with Gasteiger partial charge in [-0.3, -0.25) is 4.79 Å². The van der Waals surface area contributed by atoms with E-state index in [0.29, 0.717) is 28.7 Å². The molecule has 1 aliphatic heterocycles. The van der Waals surface area contributed by atoms with Gasteiger partial charge in [0.05, 0.1) is 24.4 Å². The normalized spacial score (nSPS) is 19.0. The number of ketones is 1. The maximum atomic E-state index is 12.3. The van der Waals surface area contributed by atoms with Crippen LogP contribution in [0.5, 0.6) is 5.75 Å². The van der Waals surface area contributed by atoms with Crippen molar-refractivity contribution < 1.29 is 17.9 Å². The highest BCUT2D eigenvalue weighted by Gasteiger charge is 2.32. The summed E-state index contributed by atoms with van der Waals surface area (Å²) in [7, 11) is 0.412. The zero-order valence-electron chi connectivity index (χ0n) is 14.0. The van der Waals surface area contributed by atoms with Crippen LogP contribution in [0, 0.1) is 0 Å². The van der Waals surface area contributed by atoms with Crippen LogP contribution in [0.1, 0.15) is 28.5 Å². The average Bonchev–Trinajstić information content (AvgIpc) is 3.14. The van der Waals surface area contributed by atoms with Gasteiger partial charge < -0.3 is 9.30 Å². The monoisotopic (exact) mass is 381 g/mol. The predicted octanol–water partition coefficient (Wildman–Crippen LogP) is 1.70. The van der Waals surface area contributed by atoms with E-state index in [-0.39, 0.29) is 29.0 Å². The summed E-state index contributed by atoms with van der Waals surface area (Å²) in [5.74, 6) is 1.79. The third-order valence-corrected chi connectivity index (χ3v) is 7.00. The Morgan fingerprint density at radius 3 is 2.64 bits per heavy atom.